The lowest BCUT2D eigenvalue weighted by Crippen LogP contribution is -2.27. The standard InChI is InChI=1S/C7H19NSi/c1-7(2,6-9)5-8(3)4/h5-6H2,1-4,9H3. The third kappa shape index (κ3) is 4.67. The topological polar surface area (TPSA) is 3.24 Å². The Labute approximate surface area is 61.9 Å². The first-order valence-corrected chi connectivity index (χ1v) is 5.04. The maximum atomic E-state index is 2.33. The van der Waals surface area contributed by atoms with Gasteiger partial charge in [0.1, 0.15) is 0 Å². The first-order valence-electron chi connectivity index (χ1n) is 3.62. The lowest BCUT2D eigenvalue weighted by molar-refractivity contribution is 0.263. The van der Waals surface area contributed by atoms with Crippen molar-refractivity contribution in [2.45, 2.75) is 19.9 Å². The minimum atomic E-state index is 0.551. The van der Waals surface area contributed by atoms with Crippen LogP contribution in [0.4, 0.5) is 0 Å². The van der Waals surface area contributed by atoms with Gasteiger partial charge in [0, 0.05) is 16.8 Å². The zero-order valence-corrected chi connectivity index (χ0v) is 9.36. The van der Waals surface area contributed by atoms with E-state index in [1.165, 1.54) is 22.8 Å². The molecule has 0 aromatic rings. The smallest absolute Gasteiger partial charge is 0.00353 e. The van der Waals surface area contributed by atoms with E-state index in [9.17, 15) is 0 Å². The van der Waals surface area contributed by atoms with Gasteiger partial charge in [-0.2, -0.15) is 0 Å². The monoisotopic (exact) mass is 145 g/mol. The molecule has 0 fully saturated rings. The van der Waals surface area contributed by atoms with E-state index in [1.54, 1.807) is 0 Å². The summed E-state index contributed by atoms with van der Waals surface area (Å²) in [6.45, 7) is 5.89. The molecule has 56 valence electrons. The lowest BCUT2D eigenvalue weighted by atomic mass is 9.96. The zero-order chi connectivity index (χ0) is 7.49. The van der Waals surface area contributed by atoms with E-state index in [-0.39, 0.29) is 0 Å². The molecule has 0 spiro atoms. The van der Waals surface area contributed by atoms with Crippen LogP contribution in [0.25, 0.3) is 0 Å². The molecule has 0 aromatic heterocycles. The molecule has 0 aliphatic heterocycles. The largest absolute Gasteiger partial charge is 0.309 e. The number of hydrogen-bond donors (Lipinski definition) is 0. The van der Waals surface area contributed by atoms with Gasteiger partial charge in [0.25, 0.3) is 0 Å². The van der Waals surface area contributed by atoms with E-state index in [2.05, 4.69) is 32.8 Å². The van der Waals surface area contributed by atoms with Crippen LogP contribution < -0.4 is 0 Å². The molecule has 0 unspecified atom stereocenters. The van der Waals surface area contributed by atoms with Crippen molar-refractivity contribution in [2.24, 2.45) is 5.41 Å². The average molecular weight is 145 g/mol. The van der Waals surface area contributed by atoms with Crippen molar-refractivity contribution in [1.29, 1.82) is 0 Å². The second-order valence-corrected chi connectivity index (χ2v) is 4.46. The fraction of sp³-hybridized carbons (Fsp3) is 1.00. The molecule has 0 saturated heterocycles. The van der Waals surface area contributed by atoms with Crippen molar-refractivity contribution in [3.63, 3.8) is 0 Å². The van der Waals surface area contributed by atoms with Crippen LogP contribution in [-0.4, -0.2) is 35.8 Å². The molecule has 0 aliphatic carbocycles. The molecule has 0 N–H and O–H groups in total. The number of nitrogens with zero attached hydrogens (tertiary/aromatic N) is 1. The van der Waals surface area contributed by atoms with Crippen molar-refractivity contribution in [3.05, 3.63) is 0 Å². The quantitative estimate of drug-likeness (QED) is 0.518. The summed E-state index contributed by atoms with van der Waals surface area (Å²) in [4.78, 5) is 2.26. The minimum absolute atomic E-state index is 0.551. The fourth-order valence-electron chi connectivity index (χ4n) is 0.968. The van der Waals surface area contributed by atoms with E-state index in [1.807, 2.05) is 0 Å². The molecule has 0 amide bonds. The van der Waals surface area contributed by atoms with E-state index in [0.717, 1.165) is 0 Å². The van der Waals surface area contributed by atoms with Crippen LogP contribution in [0, 0.1) is 5.41 Å². The molecule has 0 saturated carbocycles. The van der Waals surface area contributed by atoms with Gasteiger partial charge in [-0.25, -0.2) is 0 Å². The zero-order valence-electron chi connectivity index (χ0n) is 7.36. The predicted octanol–water partition coefficient (Wildman–Crippen LogP) is 0.358. The van der Waals surface area contributed by atoms with Crippen LogP contribution >= 0.6 is 0 Å². The summed E-state index contributed by atoms with van der Waals surface area (Å²) >= 11 is 0. The van der Waals surface area contributed by atoms with Gasteiger partial charge >= 0.3 is 0 Å². The Morgan fingerprint density at radius 3 is 1.89 bits per heavy atom. The predicted molar refractivity (Wildman–Crippen MR) is 47.1 cm³/mol. The van der Waals surface area contributed by atoms with E-state index in [0.29, 0.717) is 5.41 Å². The van der Waals surface area contributed by atoms with Crippen molar-refractivity contribution in [3.8, 4) is 0 Å². The van der Waals surface area contributed by atoms with Crippen LogP contribution in [0.2, 0.25) is 6.04 Å². The molecule has 1 nitrogen and oxygen atoms in total. The van der Waals surface area contributed by atoms with Crippen LogP contribution in [0.5, 0.6) is 0 Å². The van der Waals surface area contributed by atoms with Gasteiger partial charge in [0.05, 0.1) is 0 Å². The molecule has 2 heteroatoms. The summed E-state index contributed by atoms with van der Waals surface area (Å²) in [5, 5.41) is 0. The third-order valence-corrected chi connectivity index (χ3v) is 3.62. The Hall–Kier alpha value is 0.177. The Bertz CT molecular complexity index is 79.0. The molecule has 0 atom stereocenters. The Morgan fingerprint density at radius 1 is 1.33 bits per heavy atom. The Morgan fingerprint density at radius 2 is 1.78 bits per heavy atom. The van der Waals surface area contributed by atoms with Crippen LogP contribution in [-0.2, 0) is 0 Å². The highest BCUT2D eigenvalue weighted by Gasteiger charge is 2.14. The first-order chi connectivity index (χ1) is 3.98. The molecule has 0 radical (unpaired) electrons. The normalized spacial score (nSPS) is 13.0. The third-order valence-electron chi connectivity index (χ3n) is 1.70. The van der Waals surface area contributed by atoms with Crippen LogP contribution in [0.3, 0.4) is 0 Å². The van der Waals surface area contributed by atoms with Crippen LogP contribution in [0.15, 0.2) is 0 Å². The van der Waals surface area contributed by atoms with E-state index >= 15 is 0 Å². The van der Waals surface area contributed by atoms with Gasteiger partial charge in [-0.3, -0.25) is 0 Å². The van der Waals surface area contributed by atoms with Gasteiger partial charge in [0.2, 0.25) is 0 Å². The maximum absolute atomic E-state index is 2.33. The van der Waals surface area contributed by atoms with E-state index < -0.39 is 0 Å². The summed E-state index contributed by atoms with van der Waals surface area (Å²) < 4.78 is 0. The fourth-order valence-corrected chi connectivity index (χ4v) is 1.19. The summed E-state index contributed by atoms with van der Waals surface area (Å²) in [5.41, 5.74) is 0.551. The second-order valence-electron chi connectivity index (χ2n) is 3.76. The SMILES string of the molecule is CN(C)CC(C)(C)C[SiH3]. The molecule has 0 rings (SSSR count). The van der Waals surface area contributed by atoms with Gasteiger partial charge < -0.3 is 4.90 Å². The van der Waals surface area contributed by atoms with Crippen LogP contribution in [0.1, 0.15) is 13.8 Å². The number of rotatable bonds is 3. The molecule has 0 heterocycles. The summed E-state index contributed by atoms with van der Waals surface area (Å²) in [6.07, 6.45) is 0. The maximum Gasteiger partial charge on any atom is 0.00353 e. The van der Waals surface area contributed by atoms with Crippen molar-refractivity contribution in [1.82, 2.24) is 4.90 Å². The molecular weight excluding hydrogens is 126 g/mol. The Kier molecular flexibility index (Phi) is 3.44. The van der Waals surface area contributed by atoms with Crippen molar-refractivity contribution < 1.29 is 0 Å². The van der Waals surface area contributed by atoms with Gasteiger partial charge in [-0.1, -0.05) is 19.9 Å². The molecule has 9 heavy (non-hydrogen) atoms. The summed E-state index contributed by atoms with van der Waals surface area (Å²) in [5.74, 6) is 0. The Balaban J connectivity index is 3.58. The van der Waals surface area contributed by atoms with Gasteiger partial charge in [-0.05, 0) is 19.5 Å². The lowest BCUT2D eigenvalue weighted by Gasteiger charge is -2.26. The highest BCUT2D eigenvalue weighted by atomic mass is 28.1. The molecular formula is C7H19NSi. The average Bonchev–Trinajstić information content (AvgIpc) is 1.63. The molecule has 0 aromatic carbocycles. The van der Waals surface area contributed by atoms with E-state index in [4.69, 9.17) is 0 Å². The van der Waals surface area contributed by atoms with Crippen molar-refractivity contribution in [2.75, 3.05) is 20.6 Å². The van der Waals surface area contributed by atoms with Crippen molar-refractivity contribution >= 4 is 10.2 Å². The second kappa shape index (κ2) is 3.37. The minimum Gasteiger partial charge on any atom is -0.309 e. The number of hydrogen-bond acceptors (Lipinski definition) is 1. The highest BCUT2D eigenvalue weighted by molar-refractivity contribution is 6.08. The summed E-state index contributed by atoms with van der Waals surface area (Å²) in [7, 11) is 5.60. The highest BCUT2D eigenvalue weighted by Crippen LogP contribution is 2.18. The molecule has 0 aliphatic rings. The molecule has 0 bridgehead atoms. The first kappa shape index (κ1) is 9.18. The van der Waals surface area contributed by atoms with Gasteiger partial charge in [-0.15, -0.1) is 0 Å². The van der Waals surface area contributed by atoms with Gasteiger partial charge in [0.15, 0.2) is 0 Å². The summed E-state index contributed by atoms with van der Waals surface area (Å²) in [6, 6.07) is 1.39.